The molecule has 88 valence electrons. The van der Waals surface area contributed by atoms with Gasteiger partial charge in [-0.05, 0) is 32.4 Å². The molecule has 0 unspecified atom stereocenters. The molecule has 0 atom stereocenters. The van der Waals surface area contributed by atoms with Gasteiger partial charge in [-0.15, -0.1) is 0 Å². The summed E-state index contributed by atoms with van der Waals surface area (Å²) in [5.74, 6) is -0.430. The number of hydrogen-bond donors (Lipinski definition) is 0. The lowest BCUT2D eigenvalue weighted by molar-refractivity contribution is -0.00535. The summed E-state index contributed by atoms with van der Waals surface area (Å²) in [5, 5.41) is 0.482. The van der Waals surface area contributed by atoms with E-state index >= 15 is 0 Å². The molecule has 0 saturated carbocycles. The van der Waals surface area contributed by atoms with Crippen molar-refractivity contribution in [3.05, 3.63) is 29.0 Å². The third-order valence-corrected chi connectivity index (χ3v) is 2.39. The van der Waals surface area contributed by atoms with Crippen LogP contribution in [0.5, 0.6) is 0 Å². The van der Waals surface area contributed by atoms with E-state index in [4.69, 9.17) is 16.3 Å². The third-order valence-electron chi connectivity index (χ3n) is 2.15. The van der Waals surface area contributed by atoms with Crippen LogP contribution in [0.3, 0.4) is 0 Å². The molecule has 1 aromatic rings. The molecule has 0 aliphatic carbocycles. The lowest BCUT2D eigenvalue weighted by Gasteiger charge is -2.24. The molecule has 0 fully saturated rings. The number of nitrogens with zero attached hydrogens (tertiary/aromatic N) is 1. The van der Waals surface area contributed by atoms with Gasteiger partial charge >= 0.3 is 5.97 Å². The molecular formula is C12H16ClNO2. The van der Waals surface area contributed by atoms with E-state index in [1.165, 1.54) is 12.3 Å². The first-order valence-electron chi connectivity index (χ1n) is 5.29. The predicted octanol–water partition coefficient (Wildman–Crippen LogP) is 3.47. The van der Waals surface area contributed by atoms with Crippen molar-refractivity contribution >= 4 is 17.6 Å². The Bertz CT molecular complexity index is 377. The highest BCUT2D eigenvalue weighted by Gasteiger charge is 2.23. The molecule has 16 heavy (non-hydrogen) atoms. The Morgan fingerprint density at radius 1 is 1.56 bits per heavy atom. The summed E-state index contributed by atoms with van der Waals surface area (Å²) in [7, 11) is 0. The van der Waals surface area contributed by atoms with Gasteiger partial charge in [0, 0.05) is 11.2 Å². The van der Waals surface area contributed by atoms with Gasteiger partial charge in [0.2, 0.25) is 0 Å². The van der Waals surface area contributed by atoms with Gasteiger partial charge in [0.1, 0.15) is 11.3 Å². The number of carbonyl (C=O) groups excluding carboxylic acids is 1. The van der Waals surface area contributed by atoms with Crippen LogP contribution >= 0.6 is 11.6 Å². The summed E-state index contributed by atoms with van der Waals surface area (Å²) in [6.45, 7) is 5.82. The molecule has 1 aromatic heterocycles. The fraction of sp³-hybridized carbons (Fsp3) is 0.500. The summed E-state index contributed by atoms with van der Waals surface area (Å²) in [4.78, 5) is 15.7. The summed E-state index contributed by atoms with van der Waals surface area (Å²) >= 11 is 5.77. The standard InChI is InChI=1S/C12H16ClNO2/c1-4-6-12(2,3)16-11(15)10-8-9(13)5-7-14-10/h5,7-8H,4,6H2,1-3H3. The molecule has 0 bridgehead atoms. The van der Waals surface area contributed by atoms with Crippen LogP contribution in [-0.4, -0.2) is 16.6 Å². The fourth-order valence-electron chi connectivity index (χ4n) is 1.47. The number of carbonyl (C=O) groups is 1. The van der Waals surface area contributed by atoms with Crippen LogP contribution in [0.1, 0.15) is 44.1 Å². The van der Waals surface area contributed by atoms with E-state index < -0.39 is 11.6 Å². The summed E-state index contributed by atoms with van der Waals surface area (Å²) in [5.41, 5.74) is -0.216. The first-order valence-corrected chi connectivity index (χ1v) is 5.67. The van der Waals surface area contributed by atoms with E-state index in [0.717, 1.165) is 12.8 Å². The zero-order chi connectivity index (χ0) is 12.2. The van der Waals surface area contributed by atoms with E-state index in [1.54, 1.807) is 6.07 Å². The van der Waals surface area contributed by atoms with E-state index in [1.807, 2.05) is 20.8 Å². The largest absolute Gasteiger partial charge is 0.455 e. The minimum atomic E-state index is -0.462. The van der Waals surface area contributed by atoms with Gasteiger partial charge in [-0.3, -0.25) is 0 Å². The first kappa shape index (κ1) is 13.0. The van der Waals surface area contributed by atoms with Gasteiger partial charge in [-0.2, -0.15) is 0 Å². The Morgan fingerprint density at radius 2 is 2.25 bits per heavy atom. The minimum Gasteiger partial charge on any atom is -0.455 e. The first-order chi connectivity index (χ1) is 7.44. The van der Waals surface area contributed by atoms with Crippen molar-refractivity contribution in [3.8, 4) is 0 Å². The average Bonchev–Trinajstić information content (AvgIpc) is 2.16. The predicted molar refractivity (Wildman–Crippen MR) is 63.6 cm³/mol. The molecule has 1 rings (SSSR count). The quantitative estimate of drug-likeness (QED) is 0.758. The monoisotopic (exact) mass is 241 g/mol. The number of rotatable bonds is 4. The van der Waals surface area contributed by atoms with Gasteiger partial charge in [0.25, 0.3) is 0 Å². The lowest BCUT2D eigenvalue weighted by atomic mass is 10.0. The highest BCUT2D eigenvalue weighted by Crippen LogP contribution is 2.19. The molecule has 0 aliphatic heterocycles. The number of ether oxygens (including phenoxy) is 1. The second-order valence-corrected chi connectivity index (χ2v) is 4.69. The Kier molecular flexibility index (Phi) is 4.30. The second kappa shape index (κ2) is 5.30. The highest BCUT2D eigenvalue weighted by molar-refractivity contribution is 6.30. The van der Waals surface area contributed by atoms with E-state index in [9.17, 15) is 4.79 Å². The van der Waals surface area contributed by atoms with Gasteiger partial charge < -0.3 is 4.74 Å². The van der Waals surface area contributed by atoms with Gasteiger partial charge in [-0.25, -0.2) is 9.78 Å². The maximum Gasteiger partial charge on any atom is 0.357 e. The molecule has 0 aliphatic rings. The Hall–Kier alpha value is -1.09. The molecule has 3 nitrogen and oxygen atoms in total. The lowest BCUT2D eigenvalue weighted by Crippen LogP contribution is -2.28. The van der Waals surface area contributed by atoms with Gasteiger partial charge in [0.15, 0.2) is 0 Å². The van der Waals surface area contributed by atoms with E-state index in [0.29, 0.717) is 5.02 Å². The van der Waals surface area contributed by atoms with Crippen molar-refractivity contribution in [1.29, 1.82) is 0 Å². The van der Waals surface area contributed by atoms with Crippen LogP contribution in [0.4, 0.5) is 0 Å². The van der Waals surface area contributed by atoms with Crippen LogP contribution < -0.4 is 0 Å². The van der Waals surface area contributed by atoms with E-state index in [-0.39, 0.29) is 5.69 Å². The van der Waals surface area contributed by atoms with Gasteiger partial charge in [-0.1, -0.05) is 24.9 Å². The summed E-state index contributed by atoms with van der Waals surface area (Å²) in [6.07, 6.45) is 3.27. The van der Waals surface area contributed by atoms with Crippen LogP contribution in [-0.2, 0) is 4.74 Å². The smallest absolute Gasteiger partial charge is 0.357 e. The van der Waals surface area contributed by atoms with Crippen molar-refractivity contribution < 1.29 is 9.53 Å². The second-order valence-electron chi connectivity index (χ2n) is 4.26. The van der Waals surface area contributed by atoms with Crippen molar-refractivity contribution in [3.63, 3.8) is 0 Å². The molecule has 0 saturated heterocycles. The topological polar surface area (TPSA) is 39.2 Å². The normalized spacial score (nSPS) is 11.2. The number of esters is 1. The van der Waals surface area contributed by atoms with Crippen molar-refractivity contribution in [2.24, 2.45) is 0 Å². The number of halogens is 1. The maximum atomic E-state index is 11.7. The molecule has 0 spiro atoms. The maximum absolute atomic E-state index is 11.7. The fourth-order valence-corrected chi connectivity index (χ4v) is 1.63. The Balaban J connectivity index is 2.72. The number of pyridine rings is 1. The van der Waals surface area contributed by atoms with Crippen LogP contribution in [0, 0.1) is 0 Å². The minimum absolute atomic E-state index is 0.247. The number of hydrogen-bond acceptors (Lipinski definition) is 3. The molecule has 0 aromatic carbocycles. The number of aromatic nitrogens is 1. The van der Waals surface area contributed by atoms with Crippen molar-refractivity contribution in [1.82, 2.24) is 4.98 Å². The molecule has 4 heteroatoms. The van der Waals surface area contributed by atoms with Crippen LogP contribution in [0.25, 0.3) is 0 Å². The molecular weight excluding hydrogens is 226 g/mol. The zero-order valence-corrected chi connectivity index (χ0v) is 10.5. The summed E-state index contributed by atoms with van der Waals surface area (Å²) in [6, 6.07) is 3.13. The van der Waals surface area contributed by atoms with Crippen LogP contribution in [0.2, 0.25) is 5.02 Å². The van der Waals surface area contributed by atoms with Crippen LogP contribution in [0.15, 0.2) is 18.3 Å². The summed E-state index contributed by atoms with van der Waals surface area (Å²) < 4.78 is 5.36. The average molecular weight is 242 g/mol. The molecule has 0 amide bonds. The molecule has 1 heterocycles. The zero-order valence-electron chi connectivity index (χ0n) is 9.79. The Labute approximate surface area is 101 Å². The molecule has 0 radical (unpaired) electrons. The Morgan fingerprint density at radius 3 is 2.81 bits per heavy atom. The SMILES string of the molecule is CCCC(C)(C)OC(=O)c1cc(Cl)ccn1. The third kappa shape index (κ3) is 3.81. The van der Waals surface area contributed by atoms with Gasteiger partial charge in [0.05, 0.1) is 0 Å². The highest BCUT2D eigenvalue weighted by atomic mass is 35.5. The van der Waals surface area contributed by atoms with E-state index in [2.05, 4.69) is 4.98 Å². The molecule has 0 N–H and O–H groups in total. The van der Waals surface area contributed by atoms with Crippen molar-refractivity contribution in [2.75, 3.05) is 0 Å². The van der Waals surface area contributed by atoms with Crippen molar-refractivity contribution in [2.45, 2.75) is 39.2 Å².